The first-order valence-electron chi connectivity index (χ1n) is 9.20. The molecule has 3 nitrogen and oxygen atoms in total. The van der Waals surface area contributed by atoms with Crippen LogP contribution in [0.3, 0.4) is 0 Å². The van der Waals surface area contributed by atoms with Crippen LogP contribution in [-0.4, -0.2) is 14.8 Å². The normalized spacial score (nSPS) is 11.9. The third-order valence-electron chi connectivity index (χ3n) is 5.02. The number of alkyl halides is 3. The van der Waals surface area contributed by atoms with Gasteiger partial charge in [-0.25, -0.2) is 9.67 Å². The zero-order valence-corrected chi connectivity index (χ0v) is 19.0. The topological polar surface area (TPSA) is 30.7 Å². The summed E-state index contributed by atoms with van der Waals surface area (Å²) in [5.41, 5.74) is 2.93. The van der Waals surface area contributed by atoms with Crippen LogP contribution in [0.5, 0.6) is 0 Å². The van der Waals surface area contributed by atoms with Crippen LogP contribution in [0.2, 0.25) is 10.0 Å². The molecule has 0 spiro atoms. The first-order chi connectivity index (χ1) is 14.6. The van der Waals surface area contributed by atoms with Crippen molar-refractivity contribution in [3.05, 3.63) is 68.5 Å². The maximum atomic E-state index is 13.3. The fraction of sp³-hybridized carbons (Fsp3) is 0.182. The number of rotatable bonds is 3. The number of hydrogen-bond acceptors (Lipinski definition) is 3. The third-order valence-corrected chi connectivity index (χ3v) is 6.80. The summed E-state index contributed by atoms with van der Waals surface area (Å²) in [5, 5.41) is 6.63. The number of hydrogen-bond donors (Lipinski definition) is 0. The van der Waals surface area contributed by atoms with Crippen LogP contribution in [0, 0.1) is 13.8 Å². The number of benzene rings is 2. The van der Waals surface area contributed by atoms with E-state index in [1.54, 1.807) is 23.9 Å². The maximum absolute atomic E-state index is 13.3. The molecule has 0 amide bonds. The molecular weight excluding hydrogens is 466 g/mol. The molecule has 2 heterocycles. The minimum Gasteiger partial charge on any atom is -0.248 e. The lowest BCUT2D eigenvalue weighted by Crippen LogP contribution is -2.05. The Kier molecular flexibility index (Phi) is 5.62. The van der Waals surface area contributed by atoms with Gasteiger partial charge in [0, 0.05) is 28.4 Å². The summed E-state index contributed by atoms with van der Waals surface area (Å²) in [6, 6.07) is 9.53. The quantitative estimate of drug-likeness (QED) is 0.298. The van der Waals surface area contributed by atoms with E-state index >= 15 is 0 Å². The molecule has 0 unspecified atom stereocenters. The fourth-order valence-electron chi connectivity index (χ4n) is 3.45. The zero-order valence-electron chi connectivity index (χ0n) is 16.7. The zero-order chi connectivity index (χ0) is 22.5. The van der Waals surface area contributed by atoms with Gasteiger partial charge in [0.15, 0.2) is 11.6 Å². The van der Waals surface area contributed by atoms with Gasteiger partial charge in [0.25, 0.3) is 0 Å². The summed E-state index contributed by atoms with van der Waals surface area (Å²) in [6.45, 7) is 3.79. The molecule has 4 aromatic rings. The Balaban J connectivity index is 1.79. The second kappa shape index (κ2) is 7.97. The Bertz CT molecular complexity index is 1270. The van der Waals surface area contributed by atoms with Gasteiger partial charge in [-0.2, -0.15) is 18.3 Å². The van der Waals surface area contributed by atoms with Crippen LogP contribution in [0.1, 0.15) is 16.7 Å². The summed E-state index contributed by atoms with van der Waals surface area (Å²) >= 11 is 13.5. The van der Waals surface area contributed by atoms with Gasteiger partial charge in [0.2, 0.25) is 0 Å². The Labute approximate surface area is 191 Å². The molecule has 0 aliphatic rings. The predicted octanol–water partition coefficient (Wildman–Crippen LogP) is 7.82. The van der Waals surface area contributed by atoms with Crippen LogP contribution >= 0.6 is 34.5 Å². The lowest BCUT2D eigenvalue weighted by atomic mass is 10.0. The number of aromatic nitrogens is 3. The maximum Gasteiger partial charge on any atom is 0.417 e. The molecule has 0 aliphatic carbocycles. The van der Waals surface area contributed by atoms with Crippen molar-refractivity contribution in [2.24, 2.45) is 7.05 Å². The number of thiophene rings is 1. The largest absolute Gasteiger partial charge is 0.417 e. The minimum absolute atomic E-state index is 0.321. The smallest absolute Gasteiger partial charge is 0.248 e. The number of aryl methyl sites for hydroxylation is 2. The first-order valence-corrected chi connectivity index (χ1v) is 10.8. The molecule has 0 saturated carbocycles. The fourth-order valence-corrected chi connectivity index (χ4v) is 5.04. The summed E-state index contributed by atoms with van der Waals surface area (Å²) < 4.78 is 41.5. The van der Waals surface area contributed by atoms with Gasteiger partial charge in [0.1, 0.15) is 0 Å². The molecular formula is C22H16Cl2F3N3S. The van der Waals surface area contributed by atoms with Crippen LogP contribution in [0.25, 0.3) is 33.2 Å². The Morgan fingerprint density at radius 1 is 1.03 bits per heavy atom. The van der Waals surface area contributed by atoms with Gasteiger partial charge in [0.05, 0.1) is 15.6 Å². The summed E-state index contributed by atoms with van der Waals surface area (Å²) in [6.07, 6.45) is -4.52. The molecule has 2 aromatic carbocycles. The number of nitrogens with zero attached hydrogens (tertiary/aromatic N) is 3. The molecule has 0 radical (unpaired) electrons. The summed E-state index contributed by atoms with van der Waals surface area (Å²) in [4.78, 5) is 5.40. The minimum atomic E-state index is -4.52. The lowest BCUT2D eigenvalue weighted by Gasteiger charge is -2.11. The van der Waals surface area contributed by atoms with Crippen LogP contribution in [0.4, 0.5) is 13.2 Å². The highest BCUT2D eigenvalue weighted by Crippen LogP contribution is 2.42. The highest BCUT2D eigenvalue weighted by Gasteiger charge is 2.33. The van der Waals surface area contributed by atoms with E-state index in [1.807, 2.05) is 31.4 Å². The second-order valence-corrected chi connectivity index (χ2v) is 8.80. The van der Waals surface area contributed by atoms with Gasteiger partial charge >= 0.3 is 6.18 Å². The van der Waals surface area contributed by atoms with Crippen molar-refractivity contribution in [3.63, 3.8) is 0 Å². The van der Waals surface area contributed by atoms with E-state index in [0.29, 0.717) is 22.2 Å². The first kappa shape index (κ1) is 21.9. The summed E-state index contributed by atoms with van der Waals surface area (Å²) in [5.74, 6) is 1.11. The molecule has 0 fully saturated rings. The predicted molar refractivity (Wildman–Crippen MR) is 120 cm³/mol. The van der Waals surface area contributed by atoms with E-state index in [-0.39, 0.29) is 5.02 Å². The highest BCUT2D eigenvalue weighted by molar-refractivity contribution is 7.14. The van der Waals surface area contributed by atoms with Crippen molar-refractivity contribution in [2.75, 3.05) is 0 Å². The molecule has 0 saturated heterocycles. The molecule has 4 rings (SSSR count). The summed E-state index contributed by atoms with van der Waals surface area (Å²) in [7, 11) is 1.78. The van der Waals surface area contributed by atoms with E-state index in [9.17, 15) is 13.2 Å². The van der Waals surface area contributed by atoms with Gasteiger partial charge in [-0.3, -0.25) is 0 Å². The number of halogens is 5. The lowest BCUT2D eigenvalue weighted by molar-refractivity contribution is -0.137. The molecule has 160 valence electrons. The third kappa shape index (κ3) is 3.97. The Hall–Kier alpha value is -2.35. The van der Waals surface area contributed by atoms with E-state index in [2.05, 4.69) is 10.1 Å². The standard InChI is InChI=1S/C22H16Cl2F3N3S/c1-11-5-4-6-17(24)18(11)20-28-21(30(3)29-20)14-10-31-19(12(14)2)13-7-8-16(23)15(9-13)22(25,26)27/h4-10H,1-3H3. The molecule has 2 aromatic heterocycles. The Morgan fingerprint density at radius 2 is 1.77 bits per heavy atom. The molecule has 0 atom stereocenters. The average Bonchev–Trinajstić information content (AvgIpc) is 3.23. The van der Waals surface area contributed by atoms with Crippen molar-refractivity contribution in [3.8, 4) is 33.2 Å². The van der Waals surface area contributed by atoms with E-state index in [1.165, 1.54) is 17.4 Å². The Morgan fingerprint density at radius 3 is 2.45 bits per heavy atom. The van der Waals surface area contributed by atoms with Crippen molar-refractivity contribution >= 4 is 34.5 Å². The SMILES string of the molecule is Cc1cccc(Cl)c1-c1nc(-c2csc(-c3ccc(Cl)c(C(F)(F)F)c3)c2C)n(C)n1. The van der Waals surface area contributed by atoms with E-state index in [0.717, 1.165) is 33.2 Å². The molecule has 0 N–H and O–H groups in total. The van der Waals surface area contributed by atoms with Gasteiger partial charge < -0.3 is 0 Å². The molecule has 0 aliphatic heterocycles. The van der Waals surface area contributed by atoms with E-state index < -0.39 is 11.7 Å². The van der Waals surface area contributed by atoms with Gasteiger partial charge in [-0.1, -0.05) is 41.4 Å². The second-order valence-electron chi connectivity index (χ2n) is 7.11. The monoisotopic (exact) mass is 481 g/mol. The van der Waals surface area contributed by atoms with Crippen LogP contribution < -0.4 is 0 Å². The van der Waals surface area contributed by atoms with Crippen molar-refractivity contribution in [1.82, 2.24) is 14.8 Å². The molecule has 0 bridgehead atoms. The van der Waals surface area contributed by atoms with Crippen molar-refractivity contribution in [2.45, 2.75) is 20.0 Å². The van der Waals surface area contributed by atoms with E-state index in [4.69, 9.17) is 23.2 Å². The van der Waals surface area contributed by atoms with Crippen molar-refractivity contribution < 1.29 is 13.2 Å². The average molecular weight is 482 g/mol. The van der Waals surface area contributed by atoms with Gasteiger partial charge in [-0.15, -0.1) is 11.3 Å². The highest BCUT2D eigenvalue weighted by atomic mass is 35.5. The van der Waals surface area contributed by atoms with Crippen LogP contribution in [-0.2, 0) is 13.2 Å². The van der Waals surface area contributed by atoms with Crippen LogP contribution in [0.15, 0.2) is 41.8 Å². The molecule has 9 heteroatoms. The van der Waals surface area contributed by atoms with Crippen molar-refractivity contribution in [1.29, 1.82) is 0 Å². The van der Waals surface area contributed by atoms with Gasteiger partial charge in [-0.05, 0) is 48.7 Å². The molecule has 31 heavy (non-hydrogen) atoms.